The van der Waals surface area contributed by atoms with Crippen molar-refractivity contribution in [1.82, 2.24) is 5.16 Å². The Morgan fingerprint density at radius 3 is 2.46 bits per heavy atom. The Bertz CT molecular complexity index is 1710. The van der Waals surface area contributed by atoms with Crippen LogP contribution in [0.15, 0.2) is 77.3 Å². The summed E-state index contributed by atoms with van der Waals surface area (Å²) in [6, 6.07) is 20.0. The number of carboxylic acid groups (broad SMARTS) is 1. The first-order chi connectivity index (χ1) is 18.9. The van der Waals surface area contributed by atoms with Crippen LogP contribution in [-0.2, 0) is 6.61 Å². The molecule has 0 saturated heterocycles. The van der Waals surface area contributed by atoms with Crippen LogP contribution < -0.4 is 9.47 Å². The molecule has 1 fully saturated rings. The molecule has 0 bridgehead atoms. The van der Waals surface area contributed by atoms with Crippen LogP contribution in [0.3, 0.4) is 0 Å². The minimum Gasteiger partial charge on any atom is -0.489 e. The molecule has 0 spiro atoms. The molecule has 1 N–H and O–H groups in total. The molecule has 196 valence electrons. The third-order valence-corrected chi connectivity index (χ3v) is 7.20. The second-order valence-electron chi connectivity index (χ2n) is 9.19. The lowest BCUT2D eigenvalue weighted by molar-refractivity contribution is 0.0689. The average Bonchev–Trinajstić information content (AvgIpc) is 3.67. The van der Waals surface area contributed by atoms with Crippen LogP contribution in [0.2, 0.25) is 10.0 Å². The maximum Gasteiger partial charge on any atom is 0.342 e. The maximum atomic E-state index is 14.1. The van der Waals surface area contributed by atoms with Crippen molar-refractivity contribution in [2.75, 3.05) is 0 Å². The van der Waals surface area contributed by atoms with Gasteiger partial charge < -0.3 is 19.1 Å². The topological polar surface area (TPSA) is 81.8 Å². The third-order valence-electron chi connectivity index (χ3n) is 6.57. The Labute approximate surface area is 232 Å². The minimum absolute atomic E-state index is 0.0823. The molecule has 0 atom stereocenters. The summed E-state index contributed by atoms with van der Waals surface area (Å²) in [5.74, 6) is -0.305. The fourth-order valence-corrected chi connectivity index (χ4v) is 5.11. The molecule has 5 aromatic rings. The van der Waals surface area contributed by atoms with Gasteiger partial charge in [0, 0.05) is 16.9 Å². The van der Waals surface area contributed by atoms with E-state index in [-0.39, 0.29) is 12.4 Å². The van der Waals surface area contributed by atoms with Gasteiger partial charge in [0.05, 0.1) is 15.6 Å². The van der Waals surface area contributed by atoms with Gasteiger partial charge in [0.1, 0.15) is 46.7 Å². The fourth-order valence-electron chi connectivity index (χ4n) is 4.53. The quantitative estimate of drug-likeness (QED) is 0.203. The molecule has 0 radical (unpaired) electrons. The summed E-state index contributed by atoms with van der Waals surface area (Å²) >= 11 is 12.9. The van der Waals surface area contributed by atoms with Crippen molar-refractivity contribution in [2.45, 2.75) is 25.4 Å². The van der Waals surface area contributed by atoms with Crippen LogP contribution in [0.4, 0.5) is 4.39 Å². The van der Waals surface area contributed by atoms with Gasteiger partial charge >= 0.3 is 5.97 Å². The van der Waals surface area contributed by atoms with E-state index in [1.807, 2.05) is 12.1 Å². The number of carboxylic acids is 1. The van der Waals surface area contributed by atoms with E-state index in [2.05, 4.69) is 5.16 Å². The number of aromatic nitrogens is 1. The van der Waals surface area contributed by atoms with Gasteiger partial charge in [-0.2, -0.15) is 0 Å². The molecule has 9 heteroatoms. The van der Waals surface area contributed by atoms with Gasteiger partial charge in [0.25, 0.3) is 0 Å². The highest BCUT2D eigenvalue weighted by Crippen LogP contribution is 2.46. The number of benzene rings is 4. The second-order valence-corrected chi connectivity index (χ2v) is 10.0. The first-order valence-corrected chi connectivity index (χ1v) is 12.9. The third kappa shape index (κ3) is 4.91. The van der Waals surface area contributed by atoms with Gasteiger partial charge in [-0.05, 0) is 66.8 Å². The van der Waals surface area contributed by atoms with E-state index in [0.29, 0.717) is 44.1 Å². The van der Waals surface area contributed by atoms with E-state index >= 15 is 0 Å². The van der Waals surface area contributed by atoms with E-state index in [4.69, 9.17) is 37.2 Å². The summed E-state index contributed by atoms with van der Waals surface area (Å²) < 4.78 is 31.9. The van der Waals surface area contributed by atoms with Crippen molar-refractivity contribution >= 4 is 39.9 Å². The predicted molar refractivity (Wildman–Crippen MR) is 146 cm³/mol. The van der Waals surface area contributed by atoms with E-state index in [1.165, 1.54) is 12.1 Å². The summed E-state index contributed by atoms with van der Waals surface area (Å²) in [5.41, 5.74) is 1.45. The van der Waals surface area contributed by atoms with Gasteiger partial charge in [0.15, 0.2) is 0 Å². The van der Waals surface area contributed by atoms with Crippen molar-refractivity contribution in [3.05, 3.63) is 106 Å². The number of nitrogens with zero attached hydrogens (tertiary/aromatic N) is 1. The van der Waals surface area contributed by atoms with Gasteiger partial charge in [-0.3, -0.25) is 0 Å². The summed E-state index contributed by atoms with van der Waals surface area (Å²) in [7, 11) is 0. The average molecular weight is 564 g/mol. The SMILES string of the molecule is O=C(O)c1c(F)cccc1Oc1cccc2cc(OCc3c(-c4c(Cl)cccc4Cl)noc3C3CC3)ccc12. The summed E-state index contributed by atoms with van der Waals surface area (Å²) in [5, 5.41) is 16.2. The Balaban J connectivity index is 1.30. The molecule has 0 amide bonds. The van der Waals surface area contributed by atoms with Gasteiger partial charge in [0.2, 0.25) is 0 Å². The Morgan fingerprint density at radius 2 is 1.72 bits per heavy atom. The van der Waals surface area contributed by atoms with E-state index in [1.54, 1.807) is 42.5 Å². The van der Waals surface area contributed by atoms with Crippen molar-refractivity contribution < 1.29 is 28.3 Å². The molecular formula is C30H20Cl2FNO5. The monoisotopic (exact) mass is 563 g/mol. The smallest absolute Gasteiger partial charge is 0.342 e. The summed E-state index contributed by atoms with van der Waals surface area (Å²) in [6.45, 7) is 0.194. The molecule has 1 aromatic heterocycles. The largest absolute Gasteiger partial charge is 0.489 e. The maximum absolute atomic E-state index is 14.1. The number of halogens is 3. The Kier molecular flexibility index (Phi) is 6.62. The number of hydrogen-bond donors (Lipinski definition) is 1. The molecule has 1 heterocycles. The highest BCUT2D eigenvalue weighted by atomic mass is 35.5. The van der Waals surface area contributed by atoms with Crippen molar-refractivity contribution in [2.24, 2.45) is 0 Å². The van der Waals surface area contributed by atoms with Crippen molar-refractivity contribution in [3.8, 4) is 28.5 Å². The molecule has 6 nitrogen and oxygen atoms in total. The van der Waals surface area contributed by atoms with Gasteiger partial charge in [-0.25, -0.2) is 9.18 Å². The molecule has 39 heavy (non-hydrogen) atoms. The lowest BCUT2D eigenvalue weighted by Gasteiger charge is -2.13. The van der Waals surface area contributed by atoms with E-state index in [9.17, 15) is 14.3 Å². The lowest BCUT2D eigenvalue weighted by Crippen LogP contribution is -2.03. The van der Waals surface area contributed by atoms with E-state index < -0.39 is 17.3 Å². The van der Waals surface area contributed by atoms with Gasteiger partial charge in [-0.1, -0.05) is 52.6 Å². The Hall–Kier alpha value is -4.07. The highest BCUT2D eigenvalue weighted by Gasteiger charge is 2.33. The van der Waals surface area contributed by atoms with Crippen LogP contribution in [0.25, 0.3) is 22.0 Å². The molecule has 0 unspecified atom stereocenters. The van der Waals surface area contributed by atoms with Gasteiger partial charge in [-0.15, -0.1) is 0 Å². The number of fused-ring (bicyclic) bond motifs is 1. The predicted octanol–water partition coefficient (Wildman–Crippen LogP) is 8.89. The molecule has 1 aliphatic carbocycles. The summed E-state index contributed by atoms with van der Waals surface area (Å²) in [6.07, 6.45) is 2.04. The number of hydrogen-bond acceptors (Lipinski definition) is 5. The molecule has 6 rings (SSSR count). The number of aromatic carboxylic acids is 1. The number of rotatable bonds is 8. The molecule has 4 aromatic carbocycles. The second kappa shape index (κ2) is 10.2. The van der Waals surface area contributed by atoms with Crippen LogP contribution in [0.1, 0.15) is 40.4 Å². The summed E-state index contributed by atoms with van der Waals surface area (Å²) in [4.78, 5) is 11.6. The zero-order valence-electron chi connectivity index (χ0n) is 20.3. The number of carbonyl (C=O) groups is 1. The van der Waals surface area contributed by atoms with Crippen LogP contribution in [0.5, 0.6) is 17.2 Å². The number of ether oxygens (including phenoxy) is 2. The molecule has 0 aliphatic heterocycles. The normalized spacial score (nSPS) is 13.0. The minimum atomic E-state index is -1.41. The first-order valence-electron chi connectivity index (χ1n) is 12.2. The first kappa shape index (κ1) is 25.2. The van der Waals surface area contributed by atoms with Crippen molar-refractivity contribution in [3.63, 3.8) is 0 Å². The van der Waals surface area contributed by atoms with Crippen LogP contribution in [-0.4, -0.2) is 16.2 Å². The van der Waals surface area contributed by atoms with Crippen LogP contribution in [0, 0.1) is 5.82 Å². The van der Waals surface area contributed by atoms with E-state index in [0.717, 1.165) is 35.6 Å². The fraction of sp³-hybridized carbons (Fsp3) is 0.133. The zero-order valence-corrected chi connectivity index (χ0v) is 21.8. The molecular weight excluding hydrogens is 544 g/mol. The highest BCUT2D eigenvalue weighted by molar-refractivity contribution is 6.39. The zero-order chi connectivity index (χ0) is 27.1. The molecule has 1 saturated carbocycles. The van der Waals surface area contributed by atoms with Crippen molar-refractivity contribution in [1.29, 1.82) is 0 Å². The molecule has 1 aliphatic rings. The lowest BCUT2D eigenvalue weighted by atomic mass is 10.0. The Morgan fingerprint density at radius 1 is 1.00 bits per heavy atom. The standard InChI is InChI=1S/C30H20Cl2FNO5/c31-21-5-2-6-22(32)26(21)28-20(29(39-34-28)16-10-11-16)15-37-18-12-13-19-17(14-18)4-1-8-24(19)38-25-9-3-7-23(33)27(25)30(35)36/h1-9,12-14,16H,10-11,15H2,(H,35,36). The van der Waals surface area contributed by atoms with Crippen LogP contribution >= 0.6 is 23.2 Å².